The lowest BCUT2D eigenvalue weighted by atomic mass is 9.58. The summed E-state index contributed by atoms with van der Waals surface area (Å²) >= 11 is 0. The van der Waals surface area contributed by atoms with Crippen LogP contribution in [0.4, 0.5) is 9.18 Å². The Kier molecular flexibility index (Phi) is 7.66. The minimum Gasteiger partial charge on any atom is -0.505 e. The van der Waals surface area contributed by atoms with Crippen molar-refractivity contribution in [3.05, 3.63) is 46.3 Å². The molecule has 0 radical (unpaired) electrons. The third kappa shape index (κ3) is 4.84. The van der Waals surface area contributed by atoms with Crippen molar-refractivity contribution in [2.45, 2.75) is 58.4 Å². The third-order valence-corrected chi connectivity index (χ3v) is 7.40. The van der Waals surface area contributed by atoms with Gasteiger partial charge in [-0.05, 0) is 68.1 Å². The van der Waals surface area contributed by atoms with Gasteiger partial charge in [-0.25, -0.2) is 9.18 Å². The number of nitrogens with zero attached hydrogens (tertiary/aromatic N) is 1. The Labute approximate surface area is 209 Å². The number of amides is 3. The van der Waals surface area contributed by atoms with Crippen LogP contribution in [0.3, 0.4) is 0 Å². The van der Waals surface area contributed by atoms with Gasteiger partial charge in [0, 0.05) is 0 Å². The highest BCUT2D eigenvalue weighted by atomic mass is 19.1. The number of carbonyl (C=O) groups is 3. The summed E-state index contributed by atoms with van der Waals surface area (Å²) in [5.41, 5.74) is 3.58. The van der Waals surface area contributed by atoms with Crippen molar-refractivity contribution in [1.29, 1.82) is 0 Å². The van der Waals surface area contributed by atoms with Gasteiger partial charge in [0.25, 0.3) is 0 Å². The number of allylic oxidation sites excluding steroid dienone is 2. The summed E-state index contributed by atoms with van der Waals surface area (Å²) in [6.45, 7) is 3.95. The van der Waals surface area contributed by atoms with E-state index >= 15 is 0 Å². The van der Waals surface area contributed by atoms with Crippen molar-refractivity contribution in [3.63, 3.8) is 0 Å². The van der Waals surface area contributed by atoms with E-state index < -0.39 is 60.5 Å². The Morgan fingerprint density at radius 3 is 2.72 bits per heavy atom. The molecule has 0 aromatic heterocycles. The number of hydrogen-bond acceptors (Lipinski definition) is 7. The Bertz CT molecular complexity index is 1130. The van der Waals surface area contributed by atoms with Crippen LogP contribution >= 0.6 is 0 Å². The highest BCUT2D eigenvalue weighted by Gasteiger charge is 2.59. The smallest absolute Gasteiger partial charge is 0.455 e. The van der Waals surface area contributed by atoms with Crippen LogP contribution in [0.2, 0.25) is 6.32 Å². The first kappa shape index (κ1) is 26.1. The molecule has 3 aliphatic rings. The Morgan fingerprint density at radius 2 is 2.06 bits per heavy atom. The number of carbonyl (C=O) groups excluding carboxylic acids is 3. The molecule has 4 rings (SSSR count). The zero-order valence-electron chi connectivity index (χ0n) is 20.7. The fourth-order valence-electron chi connectivity index (χ4n) is 5.90. The highest BCUT2D eigenvalue weighted by Crippen LogP contribution is 2.51. The molecular weight excluding hydrogens is 468 g/mol. The van der Waals surface area contributed by atoms with Crippen LogP contribution in [0.5, 0.6) is 5.75 Å². The van der Waals surface area contributed by atoms with Crippen molar-refractivity contribution < 1.29 is 38.3 Å². The second kappa shape index (κ2) is 10.6. The molecule has 8 nitrogen and oxygen atoms in total. The lowest BCUT2D eigenvalue weighted by molar-refractivity contribution is -0.137. The van der Waals surface area contributed by atoms with E-state index in [1.165, 1.54) is 12.1 Å². The average Bonchev–Trinajstić information content (AvgIpc) is 3.09. The first-order valence-electron chi connectivity index (χ1n) is 12.3. The highest BCUT2D eigenvalue weighted by molar-refractivity contribution is 6.43. The Hall–Kier alpha value is -2.98. The molecule has 3 amide bonds. The summed E-state index contributed by atoms with van der Waals surface area (Å²) in [6, 6.07) is 4.18. The number of rotatable bonds is 6. The minimum absolute atomic E-state index is 0.176. The minimum atomic E-state index is -1.10. The standard InChI is InChI=1S/C26H31BFNO7/c1-4-5-16-12-17-23(25(32)29(24(17)31)26(33)35-3)18-13-27(34)36-21(22(16)18)9-6-14(2)10-15-7-8-20(30)19(28)11-15/h7-8,10-11,17-18,21,23,30,34H,4-6,9,12-13H2,1-3H3/b14-10+/t17-,18+,21-,23-/m1/s1. The molecular formula is C26H31BFNO7. The third-order valence-electron chi connectivity index (χ3n) is 7.40. The average molecular weight is 499 g/mol. The second-order valence-electron chi connectivity index (χ2n) is 9.79. The quantitative estimate of drug-likeness (QED) is 0.345. The van der Waals surface area contributed by atoms with E-state index in [0.717, 1.165) is 36.7 Å². The summed E-state index contributed by atoms with van der Waals surface area (Å²) in [5.74, 6) is -4.00. The zero-order valence-corrected chi connectivity index (χ0v) is 20.7. The largest absolute Gasteiger partial charge is 0.505 e. The summed E-state index contributed by atoms with van der Waals surface area (Å²) in [5, 5.41) is 20.0. The van der Waals surface area contributed by atoms with Gasteiger partial charge in [0.05, 0.1) is 25.0 Å². The van der Waals surface area contributed by atoms with Crippen LogP contribution in [0.15, 0.2) is 34.9 Å². The number of phenols is 1. The van der Waals surface area contributed by atoms with Crippen LogP contribution in [-0.4, -0.2) is 53.3 Å². The van der Waals surface area contributed by atoms with Gasteiger partial charge in [0.15, 0.2) is 11.6 Å². The predicted octanol–water partition coefficient (Wildman–Crippen LogP) is 4.08. The number of imide groups is 3. The number of fused-ring (bicyclic) bond motifs is 3. The van der Waals surface area contributed by atoms with Crippen molar-refractivity contribution in [2.75, 3.05) is 7.11 Å². The summed E-state index contributed by atoms with van der Waals surface area (Å²) < 4.78 is 24.3. The number of aromatic hydroxyl groups is 1. The van der Waals surface area contributed by atoms with Gasteiger partial charge in [-0.3, -0.25) is 9.59 Å². The number of ether oxygens (including phenoxy) is 1. The normalized spacial score (nSPS) is 26.3. The summed E-state index contributed by atoms with van der Waals surface area (Å²) in [6.07, 6.45) is 3.63. The van der Waals surface area contributed by atoms with E-state index in [1.807, 2.05) is 19.9 Å². The van der Waals surface area contributed by atoms with Gasteiger partial charge >= 0.3 is 13.2 Å². The van der Waals surface area contributed by atoms with Gasteiger partial charge in [0.1, 0.15) is 0 Å². The maximum atomic E-state index is 13.7. The van der Waals surface area contributed by atoms with E-state index in [0.29, 0.717) is 29.7 Å². The molecule has 0 saturated carbocycles. The summed E-state index contributed by atoms with van der Waals surface area (Å²) in [4.78, 5) is 39.0. The van der Waals surface area contributed by atoms with E-state index in [-0.39, 0.29) is 6.32 Å². The molecule has 0 unspecified atom stereocenters. The number of phenolic OH excluding ortho intramolecular Hbond substituents is 1. The monoisotopic (exact) mass is 499 g/mol. The maximum Gasteiger partial charge on any atom is 0.455 e. The molecule has 192 valence electrons. The van der Waals surface area contributed by atoms with Crippen LogP contribution < -0.4 is 0 Å². The molecule has 2 aliphatic heterocycles. The first-order valence-corrected chi connectivity index (χ1v) is 12.3. The molecule has 2 heterocycles. The molecule has 2 N–H and O–H groups in total. The summed E-state index contributed by atoms with van der Waals surface area (Å²) in [7, 11) is 0.0316. The topological polar surface area (TPSA) is 113 Å². The number of halogens is 1. The maximum absolute atomic E-state index is 13.7. The van der Waals surface area contributed by atoms with E-state index in [1.54, 1.807) is 6.07 Å². The van der Waals surface area contributed by atoms with Crippen LogP contribution in [0.1, 0.15) is 51.5 Å². The SMILES string of the molecule is CCCC1=C2[C@@H](CC/C(C)=C/c3ccc(O)c(F)c3)OB(O)C[C@@H]2[C@@H]2C(=O)N(C(=O)OC)C(=O)[C@@H]2C1. The van der Waals surface area contributed by atoms with Gasteiger partial charge in [-0.1, -0.05) is 36.6 Å². The predicted molar refractivity (Wildman–Crippen MR) is 130 cm³/mol. The molecule has 1 aromatic carbocycles. The van der Waals surface area contributed by atoms with E-state index in [9.17, 15) is 28.9 Å². The van der Waals surface area contributed by atoms with Crippen molar-refractivity contribution in [1.82, 2.24) is 4.90 Å². The molecule has 2 saturated heterocycles. The lowest BCUT2D eigenvalue weighted by Crippen LogP contribution is -2.46. The van der Waals surface area contributed by atoms with Crippen molar-refractivity contribution in [3.8, 4) is 5.75 Å². The zero-order chi connectivity index (χ0) is 26.1. The molecule has 10 heteroatoms. The van der Waals surface area contributed by atoms with Crippen LogP contribution in [0.25, 0.3) is 6.08 Å². The van der Waals surface area contributed by atoms with Gasteiger partial charge in [0.2, 0.25) is 11.8 Å². The second-order valence-corrected chi connectivity index (χ2v) is 9.79. The van der Waals surface area contributed by atoms with Gasteiger partial charge < -0.3 is 19.5 Å². The molecule has 0 spiro atoms. The fraction of sp³-hybridized carbons (Fsp3) is 0.500. The molecule has 0 bridgehead atoms. The lowest BCUT2D eigenvalue weighted by Gasteiger charge is -2.43. The Balaban J connectivity index is 1.60. The van der Waals surface area contributed by atoms with E-state index in [2.05, 4.69) is 4.74 Å². The molecule has 1 aliphatic carbocycles. The molecule has 1 aromatic rings. The molecule has 4 atom stereocenters. The number of likely N-dealkylation sites (tertiary alicyclic amines) is 1. The van der Waals surface area contributed by atoms with Crippen LogP contribution in [0, 0.1) is 23.6 Å². The van der Waals surface area contributed by atoms with Crippen molar-refractivity contribution in [2.24, 2.45) is 17.8 Å². The number of hydrogen-bond donors (Lipinski definition) is 2. The fourth-order valence-corrected chi connectivity index (χ4v) is 5.90. The van der Waals surface area contributed by atoms with Gasteiger partial charge in [-0.15, -0.1) is 0 Å². The Morgan fingerprint density at radius 1 is 1.31 bits per heavy atom. The van der Waals surface area contributed by atoms with E-state index in [4.69, 9.17) is 4.65 Å². The molecule has 2 fully saturated rings. The van der Waals surface area contributed by atoms with Crippen LogP contribution in [-0.2, 0) is 19.0 Å². The van der Waals surface area contributed by atoms with Gasteiger partial charge in [-0.2, -0.15) is 4.90 Å². The number of methoxy groups -OCH3 is 1. The first-order chi connectivity index (χ1) is 17.2. The molecule has 36 heavy (non-hydrogen) atoms. The van der Waals surface area contributed by atoms with Crippen molar-refractivity contribution >= 4 is 31.1 Å². The number of benzene rings is 1.